The molecule has 4 heteroatoms. The summed E-state index contributed by atoms with van der Waals surface area (Å²) in [6.07, 6.45) is 7.36. The summed E-state index contributed by atoms with van der Waals surface area (Å²) in [5, 5.41) is 3.68. The Balaban J connectivity index is 1.87. The lowest BCUT2D eigenvalue weighted by atomic mass is 9.98. The molecule has 3 fully saturated rings. The average molecular weight is 280 g/mol. The minimum Gasteiger partial charge on any atom is -0.376 e. The van der Waals surface area contributed by atoms with Gasteiger partial charge in [0.15, 0.2) is 0 Å². The number of carbonyl (C=O) groups excluding carboxylic acids is 1. The van der Waals surface area contributed by atoms with E-state index < -0.39 is 0 Å². The summed E-state index contributed by atoms with van der Waals surface area (Å²) >= 11 is 0. The molecule has 0 bridgehead atoms. The number of nitrogens with zero attached hydrogens (tertiary/aromatic N) is 1. The molecule has 2 aliphatic heterocycles. The lowest BCUT2D eigenvalue weighted by molar-refractivity contribution is -0.136. The molecule has 0 spiro atoms. The third-order valence-corrected chi connectivity index (χ3v) is 5.72. The largest absolute Gasteiger partial charge is 0.376 e. The molecule has 0 radical (unpaired) electrons. The number of rotatable bonds is 3. The van der Waals surface area contributed by atoms with E-state index in [0.29, 0.717) is 11.8 Å². The van der Waals surface area contributed by atoms with E-state index in [1.54, 1.807) is 0 Å². The first-order valence-electron chi connectivity index (χ1n) is 8.29. The molecule has 20 heavy (non-hydrogen) atoms. The van der Waals surface area contributed by atoms with Crippen LogP contribution < -0.4 is 5.32 Å². The van der Waals surface area contributed by atoms with Crippen molar-refractivity contribution >= 4 is 5.91 Å². The Morgan fingerprint density at radius 1 is 1.35 bits per heavy atom. The summed E-state index contributed by atoms with van der Waals surface area (Å²) in [4.78, 5) is 15.1. The van der Waals surface area contributed by atoms with Crippen LogP contribution in [0.3, 0.4) is 0 Å². The molecule has 1 aliphatic carbocycles. The Hall–Kier alpha value is -0.610. The van der Waals surface area contributed by atoms with Crippen molar-refractivity contribution in [3.8, 4) is 0 Å². The number of amides is 1. The second-order valence-electron chi connectivity index (χ2n) is 6.96. The first-order chi connectivity index (χ1) is 9.57. The zero-order valence-electron chi connectivity index (χ0n) is 13.0. The minimum absolute atomic E-state index is 0.170. The third-order valence-electron chi connectivity index (χ3n) is 5.72. The molecule has 0 aromatic heterocycles. The highest BCUT2D eigenvalue weighted by molar-refractivity contribution is 5.88. The minimum atomic E-state index is -0.379. The van der Waals surface area contributed by atoms with E-state index in [4.69, 9.17) is 4.74 Å². The van der Waals surface area contributed by atoms with E-state index in [-0.39, 0.29) is 23.9 Å². The predicted octanol–water partition coefficient (Wildman–Crippen LogP) is 2.28. The number of ether oxygens (including phenoxy) is 1. The number of hydrogen-bond donors (Lipinski definition) is 1. The van der Waals surface area contributed by atoms with E-state index >= 15 is 0 Å². The maximum atomic E-state index is 13.0. The van der Waals surface area contributed by atoms with Crippen molar-refractivity contribution in [2.45, 2.75) is 83.1 Å². The predicted molar refractivity (Wildman–Crippen MR) is 78.2 cm³/mol. The first kappa shape index (κ1) is 14.3. The maximum Gasteiger partial charge on any atom is 0.244 e. The highest BCUT2D eigenvalue weighted by Crippen LogP contribution is 2.38. The fraction of sp³-hybridized carbons (Fsp3) is 0.938. The quantitative estimate of drug-likeness (QED) is 0.862. The van der Waals surface area contributed by atoms with Crippen LogP contribution in [0.4, 0.5) is 0 Å². The van der Waals surface area contributed by atoms with E-state index in [2.05, 4.69) is 31.0 Å². The van der Waals surface area contributed by atoms with Crippen LogP contribution in [-0.4, -0.2) is 41.3 Å². The van der Waals surface area contributed by atoms with E-state index in [0.717, 1.165) is 19.4 Å². The average Bonchev–Trinajstić information content (AvgIpc) is 3.13. The molecule has 3 aliphatic rings. The molecule has 1 saturated carbocycles. The Labute approximate surface area is 122 Å². The summed E-state index contributed by atoms with van der Waals surface area (Å²) in [6, 6.07) is 0.258. The molecule has 4 nitrogen and oxygen atoms in total. The molecule has 2 heterocycles. The normalized spacial score (nSPS) is 42.9. The molecule has 0 aromatic carbocycles. The number of nitrogens with one attached hydrogen (secondary N) is 1. The van der Waals surface area contributed by atoms with Gasteiger partial charge in [-0.2, -0.15) is 0 Å². The summed E-state index contributed by atoms with van der Waals surface area (Å²) in [5.41, 5.74) is -0.379. The van der Waals surface area contributed by atoms with Crippen molar-refractivity contribution < 1.29 is 9.53 Å². The van der Waals surface area contributed by atoms with Gasteiger partial charge in [0.25, 0.3) is 0 Å². The summed E-state index contributed by atoms with van der Waals surface area (Å²) in [7, 11) is 0. The van der Waals surface area contributed by atoms with Crippen LogP contribution in [0.25, 0.3) is 0 Å². The Morgan fingerprint density at radius 2 is 2.05 bits per heavy atom. The molecular weight excluding hydrogens is 252 g/mol. The van der Waals surface area contributed by atoms with Crippen LogP contribution in [0.1, 0.15) is 59.3 Å². The molecule has 4 unspecified atom stereocenters. The molecule has 1 N–H and O–H groups in total. The van der Waals surface area contributed by atoms with E-state index in [1.807, 2.05) is 0 Å². The van der Waals surface area contributed by atoms with Gasteiger partial charge in [-0.15, -0.1) is 0 Å². The fourth-order valence-electron chi connectivity index (χ4n) is 4.18. The van der Waals surface area contributed by atoms with Gasteiger partial charge in [0.2, 0.25) is 5.91 Å². The first-order valence-corrected chi connectivity index (χ1v) is 8.29. The molecule has 1 amide bonds. The van der Waals surface area contributed by atoms with Gasteiger partial charge in [0.1, 0.15) is 0 Å². The topological polar surface area (TPSA) is 41.6 Å². The van der Waals surface area contributed by atoms with Crippen molar-refractivity contribution in [1.82, 2.24) is 10.2 Å². The molecule has 3 rings (SSSR count). The van der Waals surface area contributed by atoms with Gasteiger partial charge in [-0.3, -0.25) is 10.1 Å². The summed E-state index contributed by atoms with van der Waals surface area (Å²) < 4.78 is 5.72. The molecule has 2 saturated heterocycles. The van der Waals surface area contributed by atoms with Gasteiger partial charge in [0.05, 0.1) is 23.9 Å². The molecular formula is C16H28N2O2. The number of hydrogen-bond acceptors (Lipinski definition) is 3. The second-order valence-corrected chi connectivity index (χ2v) is 6.96. The van der Waals surface area contributed by atoms with Crippen LogP contribution >= 0.6 is 0 Å². The van der Waals surface area contributed by atoms with Gasteiger partial charge in [-0.05, 0) is 45.4 Å². The molecule has 4 atom stereocenters. The van der Waals surface area contributed by atoms with Crippen molar-refractivity contribution in [3.05, 3.63) is 0 Å². The van der Waals surface area contributed by atoms with Crippen molar-refractivity contribution in [3.63, 3.8) is 0 Å². The van der Waals surface area contributed by atoms with E-state index in [9.17, 15) is 4.79 Å². The SMILES string of the molecule is CCC1(C)NC(C2CCCC2)N(C2CCOC2C)C1=O. The van der Waals surface area contributed by atoms with Gasteiger partial charge in [0, 0.05) is 6.61 Å². The zero-order valence-corrected chi connectivity index (χ0v) is 13.0. The Kier molecular flexibility index (Phi) is 3.80. The van der Waals surface area contributed by atoms with E-state index in [1.165, 1.54) is 25.7 Å². The smallest absolute Gasteiger partial charge is 0.244 e. The van der Waals surface area contributed by atoms with Crippen molar-refractivity contribution in [2.24, 2.45) is 5.92 Å². The maximum absolute atomic E-state index is 13.0. The van der Waals surface area contributed by atoms with Crippen LogP contribution in [0, 0.1) is 5.92 Å². The standard InChI is InChI=1S/C16H28N2O2/c1-4-16(3)15(19)18(13-9-10-20-11(13)2)14(17-16)12-7-5-6-8-12/h11-14,17H,4-10H2,1-3H3. The highest BCUT2D eigenvalue weighted by atomic mass is 16.5. The zero-order chi connectivity index (χ0) is 14.3. The summed E-state index contributed by atoms with van der Waals surface area (Å²) in [6.45, 7) is 7.07. The fourth-order valence-corrected chi connectivity index (χ4v) is 4.18. The van der Waals surface area contributed by atoms with Crippen LogP contribution in [0.2, 0.25) is 0 Å². The number of carbonyl (C=O) groups is 1. The van der Waals surface area contributed by atoms with Gasteiger partial charge in [-0.1, -0.05) is 19.8 Å². The van der Waals surface area contributed by atoms with Crippen LogP contribution in [-0.2, 0) is 9.53 Å². The highest BCUT2D eigenvalue weighted by Gasteiger charge is 2.53. The summed E-state index contributed by atoms with van der Waals surface area (Å²) in [5.74, 6) is 0.916. The Morgan fingerprint density at radius 3 is 2.60 bits per heavy atom. The Bertz CT molecular complexity index is 381. The second kappa shape index (κ2) is 5.30. The van der Waals surface area contributed by atoms with Crippen molar-refractivity contribution in [1.29, 1.82) is 0 Å². The third kappa shape index (κ3) is 2.17. The lowest BCUT2D eigenvalue weighted by Gasteiger charge is -2.35. The lowest BCUT2D eigenvalue weighted by Crippen LogP contribution is -2.50. The van der Waals surface area contributed by atoms with Gasteiger partial charge in [-0.25, -0.2) is 0 Å². The van der Waals surface area contributed by atoms with Crippen LogP contribution in [0.15, 0.2) is 0 Å². The monoisotopic (exact) mass is 280 g/mol. The van der Waals surface area contributed by atoms with Crippen LogP contribution in [0.5, 0.6) is 0 Å². The van der Waals surface area contributed by atoms with Gasteiger partial charge >= 0.3 is 0 Å². The molecule has 114 valence electrons. The van der Waals surface area contributed by atoms with Gasteiger partial charge < -0.3 is 9.64 Å². The molecule has 0 aromatic rings. The van der Waals surface area contributed by atoms with Crippen molar-refractivity contribution in [2.75, 3.05) is 6.61 Å².